The highest BCUT2D eigenvalue weighted by atomic mass is 16.4. The molecular formula is C8H12O3. The van der Waals surface area contributed by atoms with Crippen molar-refractivity contribution in [1.29, 1.82) is 0 Å². The van der Waals surface area contributed by atoms with E-state index in [0.717, 1.165) is 0 Å². The summed E-state index contributed by atoms with van der Waals surface area (Å²) in [5, 5.41) is 17.8. The Hall–Kier alpha value is -0.830. The van der Waals surface area contributed by atoms with Gasteiger partial charge in [-0.3, -0.25) is 0 Å². The standard InChI is InChI=1S/C8H12O3/c9-7-3-1-2-6(4-5-7)8(10)11/h2,7,9H,1,3-5H2,(H,10,11). The van der Waals surface area contributed by atoms with E-state index in [9.17, 15) is 4.79 Å². The lowest BCUT2D eigenvalue weighted by atomic mass is 10.1. The van der Waals surface area contributed by atoms with Gasteiger partial charge in [0.05, 0.1) is 6.10 Å². The average molecular weight is 156 g/mol. The van der Waals surface area contributed by atoms with Gasteiger partial charge in [-0.1, -0.05) is 6.08 Å². The maximum atomic E-state index is 10.5. The second-order valence-corrected chi connectivity index (χ2v) is 2.80. The lowest BCUT2D eigenvalue weighted by Crippen LogP contribution is -2.05. The van der Waals surface area contributed by atoms with Crippen molar-refractivity contribution in [2.75, 3.05) is 0 Å². The van der Waals surface area contributed by atoms with Crippen molar-refractivity contribution in [2.45, 2.75) is 31.8 Å². The summed E-state index contributed by atoms with van der Waals surface area (Å²) < 4.78 is 0. The maximum Gasteiger partial charge on any atom is 0.331 e. The number of carbonyl (C=O) groups is 1. The van der Waals surface area contributed by atoms with Crippen LogP contribution in [0, 0.1) is 0 Å². The van der Waals surface area contributed by atoms with Gasteiger partial charge in [-0.2, -0.15) is 0 Å². The molecule has 0 bridgehead atoms. The van der Waals surface area contributed by atoms with Crippen LogP contribution in [0.15, 0.2) is 11.6 Å². The first-order valence-electron chi connectivity index (χ1n) is 3.80. The molecule has 1 unspecified atom stereocenters. The van der Waals surface area contributed by atoms with Crippen LogP contribution in [0.2, 0.25) is 0 Å². The molecule has 0 spiro atoms. The van der Waals surface area contributed by atoms with Crippen LogP contribution in [0.5, 0.6) is 0 Å². The molecule has 0 aromatic heterocycles. The molecule has 0 aromatic carbocycles. The first kappa shape index (κ1) is 8.27. The van der Waals surface area contributed by atoms with Crippen LogP contribution in [0.25, 0.3) is 0 Å². The van der Waals surface area contributed by atoms with Crippen LogP contribution >= 0.6 is 0 Å². The third kappa shape index (κ3) is 2.35. The molecule has 1 rings (SSSR count). The molecule has 0 aliphatic heterocycles. The lowest BCUT2D eigenvalue weighted by Gasteiger charge is -2.03. The number of aliphatic carboxylic acids is 1. The highest BCUT2D eigenvalue weighted by Gasteiger charge is 2.13. The summed E-state index contributed by atoms with van der Waals surface area (Å²) in [5.41, 5.74) is 0.446. The van der Waals surface area contributed by atoms with Gasteiger partial charge < -0.3 is 10.2 Å². The average Bonchev–Trinajstić information content (AvgIpc) is 2.13. The SMILES string of the molecule is O=C(O)C1=CCCC(O)CC1. The fourth-order valence-corrected chi connectivity index (χ4v) is 1.21. The second kappa shape index (κ2) is 3.53. The Labute approximate surface area is 65.3 Å². The number of carboxylic acid groups (broad SMARTS) is 1. The van der Waals surface area contributed by atoms with Crippen LogP contribution in [0.4, 0.5) is 0 Å². The molecule has 0 saturated carbocycles. The van der Waals surface area contributed by atoms with Gasteiger partial charge in [0.1, 0.15) is 0 Å². The molecule has 0 heterocycles. The van der Waals surface area contributed by atoms with Gasteiger partial charge in [-0.25, -0.2) is 4.79 Å². The zero-order valence-electron chi connectivity index (χ0n) is 6.29. The zero-order chi connectivity index (χ0) is 8.27. The van der Waals surface area contributed by atoms with E-state index in [-0.39, 0.29) is 6.10 Å². The van der Waals surface area contributed by atoms with Gasteiger partial charge in [-0.15, -0.1) is 0 Å². The van der Waals surface area contributed by atoms with Crippen molar-refractivity contribution < 1.29 is 15.0 Å². The highest BCUT2D eigenvalue weighted by molar-refractivity contribution is 5.86. The molecule has 3 heteroatoms. The maximum absolute atomic E-state index is 10.5. The van der Waals surface area contributed by atoms with Crippen molar-refractivity contribution in [2.24, 2.45) is 0 Å². The molecule has 0 fully saturated rings. The third-order valence-corrected chi connectivity index (χ3v) is 1.91. The van der Waals surface area contributed by atoms with Crippen molar-refractivity contribution in [3.8, 4) is 0 Å². The summed E-state index contributed by atoms with van der Waals surface area (Å²) in [6.07, 6.45) is 3.84. The van der Waals surface area contributed by atoms with Gasteiger partial charge in [0.15, 0.2) is 0 Å². The molecule has 3 nitrogen and oxygen atoms in total. The number of hydrogen-bond acceptors (Lipinski definition) is 2. The van der Waals surface area contributed by atoms with E-state index in [2.05, 4.69) is 0 Å². The molecule has 62 valence electrons. The quantitative estimate of drug-likeness (QED) is 0.593. The van der Waals surface area contributed by atoms with Gasteiger partial charge in [0.2, 0.25) is 0 Å². The Kier molecular flexibility index (Phi) is 2.65. The summed E-state index contributed by atoms with van der Waals surface area (Å²) in [7, 11) is 0. The third-order valence-electron chi connectivity index (χ3n) is 1.91. The summed E-state index contributed by atoms with van der Waals surface area (Å²) >= 11 is 0. The number of aliphatic hydroxyl groups is 1. The van der Waals surface area contributed by atoms with Gasteiger partial charge >= 0.3 is 5.97 Å². The van der Waals surface area contributed by atoms with Gasteiger partial charge in [0.25, 0.3) is 0 Å². The largest absolute Gasteiger partial charge is 0.478 e. The Balaban J connectivity index is 2.55. The number of carboxylic acids is 1. The van der Waals surface area contributed by atoms with Crippen LogP contribution in [-0.4, -0.2) is 22.3 Å². The summed E-state index contributed by atoms with van der Waals surface area (Å²) in [4.78, 5) is 10.5. The fraction of sp³-hybridized carbons (Fsp3) is 0.625. The molecule has 0 saturated heterocycles. The predicted molar refractivity (Wildman–Crippen MR) is 40.2 cm³/mol. The molecule has 1 atom stereocenters. The van der Waals surface area contributed by atoms with Crippen LogP contribution in [-0.2, 0) is 4.79 Å². The number of rotatable bonds is 1. The van der Waals surface area contributed by atoms with Crippen molar-refractivity contribution in [3.05, 3.63) is 11.6 Å². The molecular weight excluding hydrogens is 144 g/mol. The first-order chi connectivity index (χ1) is 5.20. The van der Waals surface area contributed by atoms with E-state index in [0.29, 0.717) is 31.3 Å². The van der Waals surface area contributed by atoms with Gasteiger partial charge in [0, 0.05) is 5.57 Å². The highest BCUT2D eigenvalue weighted by Crippen LogP contribution is 2.17. The monoisotopic (exact) mass is 156 g/mol. The smallest absolute Gasteiger partial charge is 0.331 e. The van der Waals surface area contributed by atoms with Crippen LogP contribution in [0.3, 0.4) is 0 Å². The van der Waals surface area contributed by atoms with Crippen molar-refractivity contribution in [1.82, 2.24) is 0 Å². The minimum atomic E-state index is -0.848. The fourth-order valence-electron chi connectivity index (χ4n) is 1.21. The van der Waals surface area contributed by atoms with E-state index in [4.69, 9.17) is 10.2 Å². The summed E-state index contributed by atoms with van der Waals surface area (Å²) in [6.45, 7) is 0. The Morgan fingerprint density at radius 2 is 2.27 bits per heavy atom. The Morgan fingerprint density at radius 3 is 2.91 bits per heavy atom. The molecule has 1 aliphatic carbocycles. The van der Waals surface area contributed by atoms with Crippen LogP contribution < -0.4 is 0 Å². The predicted octanol–water partition coefficient (Wildman–Crippen LogP) is 0.932. The molecule has 2 N–H and O–H groups in total. The molecule has 0 radical (unpaired) electrons. The number of aliphatic hydroxyl groups excluding tert-OH is 1. The molecule has 0 amide bonds. The molecule has 0 aromatic rings. The topological polar surface area (TPSA) is 57.5 Å². The van der Waals surface area contributed by atoms with E-state index in [1.165, 1.54) is 0 Å². The molecule has 1 aliphatic rings. The molecule has 11 heavy (non-hydrogen) atoms. The van der Waals surface area contributed by atoms with E-state index in [1.54, 1.807) is 6.08 Å². The Bertz CT molecular complexity index is 184. The lowest BCUT2D eigenvalue weighted by molar-refractivity contribution is -0.132. The number of allylic oxidation sites excluding steroid dienone is 1. The van der Waals surface area contributed by atoms with Gasteiger partial charge in [-0.05, 0) is 25.7 Å². The van der Waals surface area contributed by atoms with Crippen LogP contribution in [0.1, 0.15) is 25.7 Å². The number of hydrogen-bond donors (Lipinski definition) is 2. The minimum Gasteiger partial charge on any atom is -0.478 e. The first-order valence-corrected chi connectivity index (χ1v) is 3.80. The van der Waals surface area contributed by atoms with E-state index in [1.807, 2.05) is 0 Å². The summed E-state index contributed by atoms with van der Waals surface area (Å²) in [6, 6.07) is 0. The van der Waals surface area contributed by atoms with Crippen molar-refractivity contribution >= 4 is 5.97 Å². The minimum absolute atomic E-state index is 0.317. The Morgan fingerprint density at radius 1 is 1.55 bits per heavy atom. The zero-order valence-corrected chi connectivity index (χ0v) is 6.29. The van der Waals surface area contributed by atoms with E-state index < -0.39 is 5.97 Å². The normalized spacial score (nSPS) is 25.5. The van der Waals surface area contributed by atoms with E-state index >= 15 is 0 Å². The van der Waals surface area contributed by atoms with Crippen molar-refractivity contribution in [3.63, 3.8) is 0 Å². The second-order valence-electron chi connectivity index (χ2n) is 2.80. The summed E-state index contributed by atoms with van der Waals surface area (Å²) in [5.74, 6) is -0.848.